The zero-order valence-electron chi connectivity index (χ0n) is 13.0. The topological polar surface area (TPSA) is 53.4 Å². The third kappa shape index (κ3) is 6.00. The largest absolute Gasteiger partial charge is 0.395 e. The molecule has 0 bridgehead atoms. The van der Waals surface area contributed by atoms with E-state index < -0.39 is 0 Å². The summed E-state index contributed by atoms with van der Waals surface area (Å²) in [5.41, 5.74) is 1.99. The maximum Gasteiger partial charge on any atom is 0.222 e. The van der Waals surface area contributed by atoms with Crippen LogP contribution in [0.4, 0.5) is 0 Å². The number of benzene rings is 1. The van der Waals surface area contributed by atoms with Crippen LogP contribution in [-0.4, -0.2) is 34.0 Å². The van der Waals surface area contributed by atoms with E-state index in [1.807, 2.05) is 30.3 Å². The van der Waals surface area contributed by atoms with Crippen molar-refractivity contribution in [3.8, 4) is 0 Å². The zero-order valence-corrected chi connectivity index (χ0v) is 13.7. The lowest BCUT2D eigenvalue weighted by molar-refractivity contribution is -0.132. The van der Waals surface area contributed by atoms with Gasteiger partial charge in [-0.15, -0.1) is 0 Å². The second kappa shape index (κ2) is 9.28. The van der Waals surface area contributed by atoms with Gasteiger partial charge in [0, 0.05) is 36.4 Å². The van der Waals surface area contributed by atoms with Gasteiger partial charge in [-0.3, -0.25) is 9.78 Å². The molecule has 2 aromatic rings. The van der Waals surface area contributed by atoms with Crippen LogP contribution in [0.5, 0.6) is 0 Å². The van der Waals surface area contributed by atoms with Crippen LogP contribution < -0.4 is 0 Å². The minimum atomic E-state index is -0.0421. The van der Waals surface area contributed by atoms with Gasteiger partial charge in [-0.05, 0) is 42.7 Å². The Morgan fingerprint density at radius 1 is 1.17 bits per heavy atom. The monoisotopic (exact) mass is 332 g/mol. The van der Waals surface area contributed by atoms with Crippen LogP contribution in [0.15, 0.2) is 48.7 Å². The summed E-state index contributed by atoms with van der Waals surface area (Å²) in [6, 6.07) is 13.2. The summed E-state index contributed by atoms with van der Waals surface area (Å²) < 4.78 is 0. The van der Waals surface area contributed by atoms with Crippen LogP contribution >= 0.6 is 11.6 Å². The molecule has 0 saturated carbocycles. The van der Waals surface area contributed by atoms with Gasteiger partial charge in [0.05, 0.1) is 6.61 Å². The number of aliphatic hydroxyl groups is 1. The Balaban J connectivity index is 1.86. The van der Waals surface area contributed by atoms with E-state index in [4.69, 9.17) is 11.6 Å². The van der Waals surface area contributed by atoms with Crippen molar-refractivity contribution < 1.29 is 9.90 Å². The molecule has 4 nitrogen and oxygen atoms in total. The van der Waals surface area contributed by atoms with Gasteiger partial charge in [-0.25, -0.2) is 0 Å². The van der Waals surface area contributed by atoms with Crippen molar-refractivity contribution in [3.63, 3.8) is 0 Å². The first-order valence-corrected chi connectivity index (χ1v) is 8.10. The van der Waals surface area contributed by atoms with Crippen LogP contribution in [-0.2, 0) is 17.8 Å². The molecular weight excluding hydrogens is 312 g/mol. The van der Waals surface area contributed by atoms with Crippen LogP contribution in [0.2, 0.25) is 5.02 Å². The third-order valence-electron chi connectivity index (χ3n) is 3.56. The average Bonchev–Trinajstić information content (AvgIpc) is 2.57. The summed E-state index contributed by atoms with van der Waals surface area (Å²) >= 11 is 5.87. The lowest BCUT2D eigenvalue weighted by atomic mass is 10.1. The Labute approximate surface area is 141 Å². The highest BCUT2D eigenvalue weighted by Gasteiger charge is 2.13. The number of carbonyl (C=O) groups is 1. The summed E-state index contributed by atoms with van der Waals surface area (Å²) in [6.45, 7) is 0.783. The van der Waals surface area contributed by atoms with Crippen molar-refractivity contribution in [2.45, 2.75) is 25.8 Å². The van der Waals surface area contributed by atoms with Crippen LogP contribution in [0.25, 0.3) is 0 Å². The fourth-order valence-corrected chi connectivity index (χ4v) is 2.47. The van der Waals surface area contributed by atoms with Gasteiger partial charge in [-0.2, -0.15) is 0 Å². The molecule has 1 aromatic carbocycles. The van der Waals surface area contributed by atoms with Gasteiger partial charge in [0.15, 0.2) is 0 Å². The van der Waals surface area contributed by atoms with Crippen LogP contribution in [0.1, 0.15) is 24.1 Å². The van der Waals surface area contributed by atoms with Crippen molar-refractivity contribution in [1.29, 1.82) is 0 Å². The number of nitrogens with zero attached hydrogens (tertiary/aromatic N) is 2. The summed E-state index contributed by atoms with van der Waals surface area (Å²) in [4.78, 5) is 18.3. The van der Waals surface area contributed by atoms with Crippen molar-refractivity contribution >= 4 is 17.5 Å². The van der Waals surface area contributed by atoms with Crippen LogP contribution in [0.3, 0.4) is 0 Å². The van der Waals surface area contributed by atoms with Crippen LogP contribution in [0, 0.1) is 0 Å². The highest BCUT2D eigenvalue weighted by molar-refractivity contribution is 6.30. The summed E-state index contributed by atoms with van der Waals surface area (Å²) in [7, 11) is 0. The number of hydrogen-bond acceptors (Lipinski definition) is 3. The normalized spacial score (nSPS) is 10.5. The van der Waals surface area contributed by atoms with E-state index in [0.29, 0.717) is 24.5 Å². The molecule has 0 spiro atoms. The van der Waals surface area contributed by atoms with Gasteiger partial charge in [-0.1, -0.05) is 29.8 Å². The van der Waals surface area contributed by atoms with E-state index in [9.17, 15) is 9.90 Å². The minimum absolute atomic E-state index is 0.0421. The van der Waals surface area contributed by atoms with Crippen molar-refractivity contribution in [2.24, 2.45) is 0 Å². The predicted octanol–water partition coefficient (Wildman–Crippen LogP) is 3.08. The molecule has 5 heteroatoms. The summed E-state index contributed by atoms with van der Waals surface area (Å²) in [6.07, 6.45) is 3.73. The van der Waals surface area contributed by atoms with Gasteiger partial charge >= 0.3 is 0 Å². The predicted molar refractivity (Wildman–Crippen MR) is 91.1 cm³/mol. The highest BCUT2D eigenvalue weighted by Crippen LogP contribution is 2.13. The molecule has 0 radical (unpaired) electrons. The second-order valence-corrected chi connectivity index (χ2v) is 5.78. The van der Waals surface area contributed by atoms with Gasteiger partial charge in [0.2, 0.25) is 5.91 Å². The van der Waals surface area contributed by atoms with E-state index in [0.717, 1.165) is 24.1 Å². The maximum atomic E-state index is 12.4. The van der Waals surface area contributed by atoms with Gasteiger partial charge in [0.1, 0.15) is 0 Å². The molecule has 0 aliphatic rings. The molecule has 0 atom stereocenters. The van der Waals surface area contributed by atoms with E-state index in [-0.39, 0.29) is 12.5 Å². The first-order valence-electron chi connectivity index (χ1n) is 7.72. The van der Waals surface area contributed by atoms with E-state index in [2.05, 4.69) is 4.98 Å². The fraction of sp³-hybridized carbons (Fsp3) is 0.333. The standard InChI is InChI=1S/C18H21ClN2O2/c19-16-9-7-15(8-10-16)14-21(12-13-22)18(23)6-3-5-17-4-1-2-11-20-17/h1-2,4,7-11,22H,3,5-6,12-14H2. The molecule has 1 amide bonds. The maximum absolute atomic E-state index is 12.4. The number of carbonyl (C=O) groups excluding carboxylic acids is 1. The number of aliphatic hydroxyl groups excluding tert-OH is 1. The molecule has 0 saturated heterocycles. The Morgan fingerprint density at radius 3 is 2.61 bits per heavy atom. The Hall–Kier alpha value is -1.91. The molecule has 1 N–H and O–H groups in total. The smallest absolute Gasteiger partial charge is 0.222 e. The molecule has 0 aliphatic carbocycles. The number of pyridine rings is 1. The molecule has 1 aromatic heterocycles. The molecule has 2 rings (SSSR count). The molecule has 0 aliphatic heterocycles. The number of halogens is 1. The SMILES string of the molecule is O=C(CCCc1ccccn1)N(CCO)Cc1ccc(Cl)cc1. The minimum Gasteiger partial charge on any atom is -0.395 e. The second-order valence-electron chi connectivity index (χ2n) is 5.34. The number of amides is 1. The average molecular weight is 333 g/mol. The Bertz CT molecular complexity index is 602. The number of aryl methyl sites for hydroxylation is 1. The Morgan fingerprint density at radius 2 is 1.96 bits per heavy atom. The summed E-state index contributed by atoms with van der Waals surface area (Å²) in [5, 5.41) is 9.86. The van der Waals surface area contributed by atoms with Gasteiger partial charge < -0.3 is 10.0 Å². The third-order valence-corrected chi connectivity index (χ3v) is 3.81. The highest BCUT2D eigenvalue weighted by atomic mass is 35.5. The quantitative estimate of drug-likeness (QED) is 0.808. The van der Waals surface area contributed by atoms with Crippen molar-refractivity contribution in [3.05, 3.63) is 64.9 Å². The van der Waals surface area contributed by atoms with E-state index in [1.54, 1.807) is 23.2 Å². The Kier molecular flexibility index (Phi) is 7.04. The first-order chi connectivity index (χ1) is 11.2. The molecule has 23 heavy (non-hydrogen) atoms. The first kappa shape index (κ1) is 17.4. The fourth-order valence-electron chi connectivity index (χ4n) is 2.35. The van der Waals surface area contributed by atoms with E-state index >= 15 is 0 Å². The molecule has 0 unspecified atom stereocenters. The van der Waals surface area contributed by atoms with E-state index in [1.165, 1.54) is 0 Å². The number of hydrogen-bond donors (Lipinski definition) is 1. The van der Waals surface area contributed by atoms with Gasteiger partial charge in [0.25, 0.3) is 0 Å². The van der Waals surface area contributed by atoms with Crippen molar-refractivity contribution in [1.82, 2.24) is 9.88 Å². The lowest BCUT2D eigenvalue weighted by Crippen LogP contribution is -2.33. The molecule has 1 heterocycles. The number of rotatable bonds is 8. The molecular formula is C18H21ClN2O2. The number of aromatic nitrogens is 1. The molecule has 0 fully saturated rings. The lowest BCUT2D eigenvalue weighted by Gasteiger charge is -2.22. The summed E-state index contributed by atoms with van der Waals surface area (Å²) in [5.74, 6) is 0.0462. The zero-order chi connectivity index (χ0) is 16.5. The molecule has 122 valence electrons. The van der Waals surface area contributed by atoms with Crippen molar-refractivity contribution in [2.75, 3.05) is 13.2 Å².